The fourth-order valence-electron chi connectivity index (χ4n) is 3.39. The van der Waals surface area contributed by atoms with Gasteiger partial charge in [-0.05, 0) is 18.9 Å². The molecule has 1 aliphatic rings. The average Bonchev–Trinajstić information content (AvgIpc) is 2.53. The summed E-state index contributed by atoms with van der Waals surface area (Å²) in [5.74, 6) is 0.888. The Kier molecular flexibility index (Phi) is 6.07. The number of para-hydroxylation sites is 1. The van der Waals surface area contributed by atoms with Crippen LogP contribution >= 0.6 is 0 Å². The van der Waals surface area contributed by atoms with Crippen LogP contribution < -0.4 is 10.5 Å². The van der Waals surface area contributed by atoms with Gasteiger partial charge in [-0.25, -0.2) is 0 Å². The number of aliphatic hydroxyl groups is 1. The van der Waals surface area contributed by atoms with Gasteiger partial charge in [-0.2, -0.15) is 0 Å². The summed E-state index contributed by atoms with van der Waals surface area (Å²) in [4.78, 5) is 0. The summed E-state index contributed by atoms with van der Waals surface area (Å²) in [6, 6.07) is 8.02. The summed E-state index contributed by atoms with van der Waals surface area (Å²) in [6.07, 6.45) is 7.32. The van der Waals surface area contributed by atoms with Gasteiger partial charge in [0.2, 0.25) is 0 Å². The van der Waals surface area contributed by atoms with Crippen LogP contribution in [0.1, 0.15) is 57.4 Å². The predicted octanol–water partition coefficient (Wildman–Crippen LogP) is 3.39. The summed E-state index contributed by atoms with van der Waals surface area (Å²) in [6.45, 7) is 3.34. The SMILES string of the molecule is CCCCCCCC(O)C1(CN)CCOc2ccccc21. The molecule has 0 aliphatic carbocycles. The number of aliphatic hydroxyl groups excluding tert-OH is 1. The highest BCUT2D eigenvalue weighted by molar-refractivity contribution is 5.42. The third-order valence-electron chi connectivity index (χ3n) is 4.81. The molecule has 0 radical (unpaired) electrons. The summed E-state index contributed by atoms with van der Waals surface area (Å²) in [7, 11) is 0. The van der Waals surface area contributed by atoms with Gasteiger partial charge in [0.15, 0.2) is 0 Å². The predicted molar refractivity (Wildman–Crippen MR) is 86.7 cm³/mol. The fraction of sp³-hybridized carbons (Fsp3) is 0.667. The van der Waals surface area contributed by atoms with Crippen molar-refractivity contribution < 1.29 is 9.84 Å². The first kappa shape index (κ1) is 16.3. The van der Waals surface area contributed by atoms with E-state index < -0.39 is 0 Å². The minimum Gasteiger partial charge on any atom is -0.493 e. The zero-order valence-electron chi connectivity index (χ0n) is 13.2. The van der Waals surface area contributed by atoms with Crippen LogP contribution in [0.5, 0.6) is 5.75 Å². The molecule has 2 atom stereocenters. The van der Waals surface area contributed by atoms with Gasteiger partial charge in [-0.15, -0.1) is 0 Å². The molecule has 21 heavy (non-hydrogen) atoms. The Bertz CT molecular complexity index is 435. The number of hydrogen-bond acceptors (Lipinski definition) is 3. The van der Waals surface area contributed by atoms with Gasteiger partial charge in [0.25, 0.3) is 0 Å². The normalized spacial score (nSPS) is 22.4. The second-order valence-electron chi connectivity index (χ2n) is 6.17. The van der Waals surface area contributed by atoms with E-state index in [0.29, 0.717) is 13.2 Å². The summed E-state index contributed by atoms with van der Waals surface area (Å²) >= 11 is 0. The quantitative estimate of drug-likeness (QED) is 0.722. The van der Waals surface area contributed by atoms with Crippen molar-refractivity contribution in [2.24, 2.45) is 5.73 Å². The molecule has 1 aliphatic heterocycles. The lowest BCUT2D eigenvalue weighted by molar-refractivity contribution is 0.0461. The maximum Gasteiger partial charge on any atom is 0.123 e. The molecule has 3 nitrogen and oxygen atoms in total. The highest BCUT2D eigenvalue weighted by Gasteiger charge is 2.42. The molecule has 2 rings (SSSR count). The Balaban J connectivity index is 2.04. The van der Waals surface area contributed by atoms with Crippen molar-refractivity contribution >= 4 is 0 Å². The number of rotatable bonds is 8. The number of ether oxygens (including phenoxy) is 1. The van der Waals surface area contributed by atoms with Crippen molar-refractivity contribution in [2.75, 3.05) is 13.2 Å². The monoisotopic (exact) mass is 291 g/mol. The van der Waals surface area contributed by atoms with Crippen LogP contribution in [0.25, 0.3) is 0 Å². The first-order valence-electron chi connectivity index (χ1n) is 8.35. The second-order valence-corrected chi connectivity index (χ2v) is 6.17. The molecule has 0 saturated heterocycles. The molecular weight excluding hydrogens is 262 g/mol. The van der Waals surface area contributed by atoms with Crippen LogP contribution in [-0.2, 0) is 5.41 Å². The highest BCUT2D eigenvalue weighted by atomic mass is 16.5. The molecule has 1 aromatic rings. The molecule has 0 bridgehead atoms. The molecule has 0 fully saturated rings. The van der Waals surface area contributed by atoms with Gasteiger partial charge in [0.1, 0.15) is 5.75 Å². The second kappa shape index (κ2) is 7.81. The van der Waals surface area contributed by atoms with Crippen molar-refractivity contribution in [3.05, 3.63) is 29.8 Å². The molecule has 1 aromatic carbocycles. The smallest absolute Gasteiger partial charge is 0.123 e. The van der Waals surface area contributed by atoms with E-state index in [1.807, 2.05) is 18.2 Å². The van der Waals surface area contributed by atoms with Crippen LogP contribution in [0.2, 0.25) is 0 Å². The Hall–Kier alpha value is -1.06. The van der Waals surface area contributed by atoms with E-state index in [1.54, 1.807) is 0 Å². The number of nitrogens with two attached hydrogens (primary N) is 1. The summed E-state index contributed by atoms with van der Waals surface area (Å²) in [5, 5.41) is 10.8. The third kappa shape index (κ3) is 3.58. The Morgan fingerprint density at radius 3 is 2.76 bits per heavy atom. The lowest BCUT2D eigenvalue weighted by Gasteiger charge is -2.41. The Morgan fingerprint density at radius 2 is 2.00 bits per heavy atom. The number of hydrogen-bond donors (Lipinski definition) is 2. The van der Waals surface area contributed by atoms with E-state index in [4.69, 9.17) is 10.5 Å². The van der Waals surface area contributed by atoms with Gasteiger partial charge < -0.3 is 15.6 Å². The van der Waals surface area contributed by atoms with Gasteiger partial charge in [0.05, 0.1) is 12.7 Å². The molecule has 0 saturated carbocycles. The van der Waals surface area contributed by atoms with Crippen LogP contribution in [-0.4, -0.2) is 24.4 Å². The van der Waals surface area contributed by atoms with Crippen molar-refractivity contribution in [1.29, 1.82) is 0 Å². The van der Waals surface area contributed by atoms with E-state index in [9.17, 15) is 5.11 Å². The van der Waals surface area contributed by atoms with E-state index in [2.05, 4.69) is 13.0 Å². The first-order chi connectivity index (χ1) is 10.2. The minimum absolute atomic E-state index is 0.334. The molecular formula is C18H29NO2. The summed E-state index contributed by atoms with van der Waals surface area (Å²) in [5.41, 5.74) is 6.84. The maximum absolute atomic E-state index is 10.8. The van der Waals surface area contributed by atoms with Crippen molar-refractivity contribution in [3.8, 4) is 5.75 Å². The van der Waals surface area contributed by atoms with Crippen LogP contribution in [0, 0.1) is 0 Å². The van der Waals surface area contributed by atoms with Gasteiger partial charge in [-0.1, -0.05) is 57.2 Å². The maximum atomic E-state index is 10.8. The molecule has 3 heteroatoms. The standard InChI is InChI=1S/C18H29NO2/c1-2-3-4-5-6-11-17(20)18(14-19)12-13-21-16-10-8-7-9-15(16)18/h7-10,17,20H,2-6,11-14,19H2,1H3. The zero-order chi connectivity index (χ0) is 15.1. The number of unbranched alkanes of at least 4 members (excludes halogenated alkanes) is 4. The Morgan fingerprint density at radius 1 is 1.24 bits per heavy atom. The lowest BCUT2D eigenvalue weighted by Crippen LogP contribution is -2.49. The fourth-order valence-corrected chi connectivity index (χ4v) is 3.39. The molecule has 0 aromatic heterocycles. The van der Waals surface area contributed by atoms with Crippen molar-refractivity contribution in [2.45, 2.75) is 63.4 Å². The summed E-state index contributed by atoms with van der Waals surface area (Å²) < 4.78 is 5.72. The van der Waals surface area contributed by atoms with Crippen LogP contribution in [0.15, 0.2) is 24.3 Å². The topological polar surface area (TPSA) is 55.5 Å². The lowest BCUT2D eigenvalue weighted by atomic mass is 9.70. The largest absolute Gasteiger partial charge is 0.493 e. The van der Waals surface area contributed by atoms with E-state index in [1.165, 1.54) is 25.7 Å². The molecule has 118 valence electrons. The van der Waals surface area contributed by atoms with E-state index in [0.717, 1.165) is 30.6 Å². The van der Waals surface area contributed by atoms with E-state index in [-0.39, 0.29) is 11.5 Å². The van der Waals surface area contributed by atoms with Crippen LogP contribution in [0.3, 0.4) is 0 Å². The molecule has 2 unspecified atom stereocenters. The minimum atomic E-state index is -0.380. The third-order valence-corrected chi connectivity index (χ3v) is 4.81. The van der Waals surface area contributed by atoms with E-state index >= 15 is 0 Å². The highest BCUT2D eigenvalue weighted by Crippen LogP contribution is 2.41. The zero-order valence-corrected chi connectivity index (χ0v) is 13.2. The number of benzene rings is 1. The number of fused-ring (bicyclic) bond motifs is 1. The van der Waals surface area contributed by atoms with Gasteiger partial charge >= 0.3 is 0 Å². The van der Waals surface area contributed by atoms with Crippen LogP contribution in [0.4, 0.5) is 0 Å². The molecule has 0 spiro atoms. The van der Waals surface area contributed by atoms with Crippen molar-refractivity contribution in [1.82, 2.24) is 0 Å². The molecule has 3 N–H and O–H groups in total. The van der Waals surface area contributed by atoms with Gasteiger partial charge in [-0.3, -0.25) is 0 Å². The van der Waals surface area contributed by atoms with Gasteiger partial charge in [0, 0.05) is 17.5 Å². The molecule has 0 amide bonds. The molecule has 1 heterocycles. The Labute approximate surface area is 128 Å². The first-order valence-corrected chi connectivity index (χ1v) is 8.35. The average molecular weight is 291 g/mol. The van der Waals surface area contributed by atoms with Crippen molar-refractivity contribution in [3.63, 3.8) is 0 Å².